The molecule has 2 aromatic carbocycles. The Bertz CT molecular complexity index is 989. The van der Waals surface area contributed by atoms with Crippen LogP contribution in [0.3, 0.4) is 0 Å². The second-order valence-corrected chi connectivity index (χ2v) is 5.76. The molecule has 0 fully saturated rings. The highest BCUT2D eigenvalue weighted by Gasteiger charge is 2.06. The smallest absolute Gasteiger partial charge is 0.248 e. The molecular weight excluding hydrogens is 350 g/mol. The summed E-state index contributed by atoms with van der Waals surface area (Å²) in [6, 6.07) is 11.8. The number of halogens is 2. The number of ether oxygens (including phenoxy) is 1. The van der Waals surface area contributed by atoms with Crippen molar-refractivity contribution in [3.05, 3.63) is 89.8 Å². The minimum Gasteiger partial charge on any atom is -0.453 e. The van der Waals surface area contributed by atoms with Crippen LogP contribution in [0.4, 0.5) is 14.5 Å². The van der Waals surface area contributed by atoms with Crippen LogP contribution < -0.4 is 10.1 Å². The second kappa shape index (κ2) is 8.23. The van der Waals surface area contributed by atoms with Crippen molar-refractivity contribution in [3.8, 4) is 11.5 Å². The van der Waals surface area contributed by atoms with E-state index in [-0.39, 0.29) is 11.6 Å². The van der Waals surface area contributed by atoms with Crippen LogP contribution >= 0.6 is 0 Å². The molecule has 0 atom stereocenters. The third kappa shape index (κ3) is 4.98. The molecule has 0 unspecified atom stereocenters. The van der Waals surface area contributed by atoms with Crippen molar-refractivity contribution in [2.75, 3.05) is 5.32 Å². The second-order valence-electron chi connectivity index (χ2n) is 5.76. The van der Waals surface area contributed by atoms with E-state index in [0.29, 0.717) is 22.6 Å². The van der Waals surface area contributed by atoms with Crippen molar-refractivity contribution < 1.29 is 18.3 Å². The Kier molecular flexibility index (Phi) is 5.56. The van der Waals surface area contributed by atoms with Crippen LogP contribution in [0.2, 0.25) is 0 Å². The lowest BCUT2D eigenvalue weighted by Crippen LogP contribution is -2.09. The highest BCUT2D eigenvalue weighted by molar-refractivity contribution is 6.02. The molecule has 27 heavy (non-hydrogen) atoms. The van der Waals surface area contributed by atoms with Gasteiger partial charge in [-0.25, -0.2) is 8.78 Å². The predicted molar refractivity (Wildman–Crippen MR) is 99.5 cm³/mol. The Morgan fingerprint density at radius 1 is 1.15 bits per heavy atom. The summed E-state index contributed by atoms with van der Waals surface area (Å²) in [4.78, 5) is 15.9. The van der Waals surface area contributed by atoms with E-state index < -0.39 is 11.7 Å². The minimum absolute atomic E-state index is 0.0616. The predicted octanol–water partition coefficient (Wildman–Crippen LogP) is 5.11. The monoisotopic (exact) mass is 366 g/mol. The first-order valence-corrected chi connectivity index (χ1v) is 8.14. The zero-order chi connectivity index (χ0) is 19.2. The molecule has 136 valence electrons. The lowest BCUT2D eigenvalue weighted by atomic mass is 10.2. The van der Waals surface area contributed by atoms with Gasteiger partial charge in [0.2, 0.25) is 5.91 Å². The van der Waals surface area contributed by atoms with Gasteiger partial charge in [-0.3, -0.25) is 9.78 Å². The van der Waals surface area contributed by atoms with E-state index in [1.807, 2.05) is 0 Å². The lowest BCUT2D eigenvalue weighted by Gasteiger charge is -2.07. The molecule has 3 rings (SSSR count). The number of benzene rings is 2. The number of nitrogens with one attached hydrogen (secondary N) is 1. The molecule has 6 heteroatoms. The van der Waals surface area contributed by atoms with Crippen LogP contribution in [0.25, 0.3) is 6.08 Å². The zero-order valence-corrected chi connectivity index (χ0v) is 14.4. The largest absolute Gasteiger partial charge is 0.453 e. The number of pyridine rings is 1. The van der Waals surface area contributed by atoms with Gasteiger partial charge in [0.05, 0.1) is 6.20 Å². The van der Waals surface area contributed by atoms with Crippen LogP contribution in [-0.2, 0) is 4.79 Å². The van der Waals surface area contributed by atoms with E-state index >= 15 is 0 Å². The van der Waals surface area contributed by atoms with Gasteiger partial charge in [-0.05, 0) is 66.6 Å². The number of carbonyl (C=O) groups excluding carboxylic acids is 1. The Labute approximate surface area is 155 Å². The number of hydrogen-bond acceptors (Lipinski definition) is 3. The summed E-state index contributed by atoms with van der Waals surface area (Å²) in [5.74, 6) is -0.845. The van der Waals surface area contributed by atoms with Crippen molar-refractivity contribution in [1.29, 1.82) is 0 Å². The van der Waals surface area contributed by atoms with Crippen LogP contribution in [0.1, 0.15) is 11.1 Å². The first-order valence-electron chi connectivity index (χ1n) is 8.14. The van der Waals surface area contributed by atoms with E-state index in [0.717, 1.165) is 0 Å². The Morgan fingerprint density at radius 3 is 2.70 bits per heavy atom. The topological polar surface area (TPSA) is 51.2 Å². The van der Waals surface area contributed by atoms with Crippen LogP contribution in [0.15, 0.2) is 67.0 Å². The number of amides is 1. The van der Waals surface area contributed by atoms with Crippen LogP contribution in [0, 0.1) is 18.6 Å². The first-order chi connectivity index (χ1) is 13.0. The summed E-state index contributed by atoms with van der Waals surface area (Å²) >= 11 is 0. The molecule has 0 radical (unpaired) electrons. The van der Waals surface area contributed by atoms with Gasteiger partial charge >= 0.3 is 0 Å². The van der Waals surface area contributed by atoms with Crippen molar-refractivity contribution >= 4 is 17.7 Å². The summed E-state index contributed by atoms with van der Waals surface area (Å²) in [6.45, 7) is 1.69. The van der Waals surface area contributed by atoms with Gasteiger partial charge < -0.3 is 10.1 Å². The molecule has 0 bridgehead atoms. The fourth-order valence-electron chi connectivity index (χ4n) is 2.35. The average molecular weight is 366 g/mol. The average Bonchev–Trinajstić information content (AvgIpc) is 2.65. The molecule has 1 heterocycles. The van der Waals surface area contributed by atoms with E-state index in [1.54, 1.807) is 31.3 Å². The van der Waals surface area contributed by atoms with Crippen molar-refractivity contribution in [1.82, 2.24) is 4.98 Å². The maximum absolute atomic E-state index is 14.2. The summed E-state index contributed by atoms with van der Waals surface area (Å²) < 4.78 is 32.7. The fourth-order valence-corrected chi connectivity index (χ4v) is 2.35. The van der Waals surface area contributed by atoms with Gasteiger partial charge in [0, 0.05) is 18.0 Å². The minimum atomic E-state index is -0.559. The van der Waals surface area contributed by atoms with Crippen LogP contribution in [-0.4, -0.2) is 10.9 Å². The number of hydrogen-bond donors (Lipinski definition) is 1. The van der Waals surface area contributed by atoms with Crippen molar-refractivity contribution in [3.63, 3.8) is 0 Å². The highest BCUT2D eigenvalue weighted by atomic mass is 19.1. The van der Waals surface area contributed by atoms with Crippen molar-refractivity contribution in [2.45, 2.75) is 6.92 Å². The van der Waals surface area contributed by atoms with E-state index in [4.69, 9.17) is 4.74 Å². The quantitative estimate of drug-likeness (QED) is 0.638. The number of carbonyl (C=O) groups is 1. The molecule has 4 nitrogen and oxygen atoms in total. The molecule has 0 aliphatic rings. The maximum atomic E-state index is 14.2. The highest BCUT2D eigenvalue weighted by Crippen LogP contribution is 2.25. The number of aromatic nitrogens is 1. The summed E-state index contributed by atoms with van der Waals surface area (Å²) in [5, 5.41) is 2.65. The van der Waals surface area contributed by atoms with Gasteiger partial charge in [-0.15, -0.1) is 0 Å². The van der Waals surface area contributed by atoms with E-state index in [2.05, 4.69) is 10.3 Å². The molecule has 0 saturated heterocycles. The van der Waals surface area contributed by atoms with Gasteiger partial charge in [0.15, 0.2) is 11.6 Å². The van der Waals surface area contributed by atoms with Gasteiger partial charge in [-0.2, -0.15) is 0 Å². The lowest BCUT2D eigenvalue weighted by molar-refractivity contribution is -0.111. The molecule has 1 amide bonds. The first kappa shape index (κ1) is 18.3. The summed E-state index contributed by atoms with van der Waals surface area (Å²) in [5.41, 5.74) is 1.62. The maximum Gasteiger partial charge on any atom is 0.248 e. The standard InChI is InChI=1S/C21H16F2N2O2/c1-14-11-16(22)6-7-19(14)25-21(26)9-5-15-4-8-20(18(23)12-15)27-17-3-2-10-24-13-17/h2-13H,1H3,(H,25,26)/b9-5+. The molecule has 0 saturated carbocycles. The van der Waals surface area contributed by atoms with E-state index in [9.17, 15) is 13.6 Å². The van der Waals surface area contributed by atoms with Crippen LogP contribution in [0.5, 0.6) is 11.5 Å². The molecule has 3 aromatic rings. The molecule has 0 spiro atoms. The third-order valence-corrected chi connectivity index (χ3v) is 3.69. The molecule has 0 aliphatic heterocycles. The molecular formula is C21H16F2N2O2. The fraction of sp³-hybridized carbons (Fsp3) is 0.0476. The summed E-state index contributed by atoms with van der Waals surface area (Å²) in [7, 11) is 0. The number of rotatable bonds is 5. The Hall–Kier alpha value is -3.54. The Balaban J connectivity index is 1.66. The summed E-state index contributed by atoms with van der Waals surface area (Å²) in [6.07, 6.45) is 5.83. The molecule has 1 aromatic heterocycles. The number of anilines is 1. The van der Waals surface area contributed by atoms with Gasteiger partial charge in [0.25, 0.3) is 0 Å². The number of nitrogens with zero attached hydrogens (tertiary/aromatic N) is 1. The SMILES string of the molecule is Cc1cc(F)ccc1NC(=O)/C=C/c1ccc(Oc2cccnc2)c(F)c1. The number of aryl methyl sites for hydroxylation is 1. The Morgan fingerprint density at radius 2 is 2.00 bits per heavy atom. The zero-order valence-electron chi connectivity index (χ0n) is 14.4. The van der Waals surface area contributed by atoms with Gasteiger partial charge in [-0.1, -0.05) is 6.07 Å². The normalized spacial score (nSPS) is 10.8. The molecule has 0 aliphatic carbocycles. The van der Waals surface area contributed by atoms with Crippen molar-refractivity contribution in [2.24, 2.45) is 0 Å². The van der Waals surface area contributed by atoms with E-state index in [1.165, 1.54) is 48.7 Å². The molecule has 1 N–H and O–H groups in total. The third-order valence-electron chi connectivity index (χ3n) is 3.69. The van der Waals surface area contributed by atoms with Gasteiger partial charge in [0.1, 0.15) is 11.6 Å².